The van der Waals surface area contributed by atoms with Crippen LogP contribution in [-0.4, -0.2) is 25.5 Å². The zero-order valence-corrected chi connectivity index (χ0v) is 11.8. The van der Waals surface area contributed by atoms with Gasteiger partial charge in [-0.15, -0.1) is 0 Å². The Bertz CT molecular complexity index is 717. The van der Waals surface area contributed by atoms with Crippen molar-refractivity contribution in [1.29, 1.82) is 0 Å². The highest BCUT2D eigenvalue weighted by Crippen LogP contribution is 2.46. The van der Waals surface area contributed by atoms with E-state index in [9.17, 15) is 25.5 Å². The summed E-state index contributed by atoms with van der Waals surface area (Å²) in [5, 5.41) is 48.1. The lowest BCUT2D eigenvalue weighted by Crippen LogP contribution is -2.23. The van der Waals surface area contributed by atoms with Crippen LogP contribution in [0.25, 0.3) is 0 Å². The first-order chi connectivity index (χ1) is 10.4. The number of hydrogen-bond donors (Lipinski definition) is 5. The van der Waals surface area contributed by atoms with Gasteiger partial charge >= 0.3 is 0 Å². The van der Waals surface area contributed by atoms with Crippen LogP contribution in [0.3, 0.4) is 0 Å². The Balaban J connectivity index is 2.03. The molecule has 0 fully saturated rings. The van der Waals surface area contributed by atoms with Crippen LogP contribution in [0.2, 0.25) is 0 Å². The second-order valence-electron chi connectivity index (χ2n) is 5.57. The fourth-order valence-corrected chi connectivity index (χ4v) is 2.79. The van der Waals surface area contributed by atoms with Crippen LogP contribution in [0, 0.1) is 5.92 Å². The lowest BCUT2D eigenvalue weighted by atomic mass is 9.87. The van der Waals surface area contributed by atoms with Crippen molar-refractivity contribution in [2.24, 2.45) is 5.92 Å². The number of phenols is 5. The summed E-state index contributed by atoms with van der Waals surface area (Å²) in [4.78, 5) is 0. The second-order valence-corrected chi connectivity index (χ2v) is 5.57. The van der Waals surface area contributed by atoms with Gasteiger partial charge in [0.05, 0.1) is 0 Å². The van der Waals surface area contributed by atoms with Crippen LogP contribution in [-0.2, 0) is 6.42 Å². The average molecular weight is 304 g/mol. The summed E-state index contributed by atoms with van der Waals surface area (Å²) in [5.74, 6) is -1.29. The van der Waals surface area contributed by atoms with Crippen LogP contribution < -0.4 is 4.74 Å². The summed E-state index contributed by atoms with van der Waals surface area (Å²) in [6.07, 6.45) is 0.0141. The summed E-state index contributed by atoms with van der Waals surface area (Å²) in [5.41, 5.74) is 1.10. The Hall–Kier alpha value is -2.76. The van der Waals surface area contributed by atoms with Crippen molar-refractivity contribution < 1.29 is 30.3 Å². The van der Waals surface area contributed by atoms with E-state index in [1.807, 2.05) is 6.92 Å². The van der Waals surface area contributed by atoms with E-state index >= 15 is 0 Å². The predicted molar refractivity (Wildman–Crippen MR) is 77.4 cm³/mol. The third kappa shape index (κ3) is 2.22. The van der Waals surface area contributed by atoms with Crippen LogP contribution in [0.1, 0.15) is 24.2 Å². The summed E-state index contributed by atoms with van der Waals surface area (Å²) >= 11 is 0. The zero-order chi connectivity index (χ0) is 16.0. The van der Waals surface area contributed by atoms with E-state index < -0.39 is 23.4 Å². The predicted octanol–water partition coefficient (Wildman–Crippen LogP) is 2.53. The first-order valence-electron chi connectivity index (χ1n) is 6.83. The van der Waals surface area contributed by atoms with Gasteiger partial charge in [0.2, 0.25) is 0 Å². The third-order valence-corrected chi connectivity index (χ3v) is 3.89. The number of fused-ring (bicyclic) bond motifs is 1. The fraction of sp³-hybridized carbons (Fsp3) is 0.250. The summed E-state index contributed by atoms with van der Waals surface area (Å²) < 4.78 is 5.82. The van der Waals surface area contributed by atoms with Crippen LogP contribution in [0.15, 0.2) is 24.3 Å². The van der Waals surface area contributed by atoms with E-state index in [0.29, 0.717) is 23.3 Å². The molecule has 2 atom stereocenters. The van der Waals surface area contributed by atoms with E-state index in [1.54, 1.807) is 0 Å². The molecule has 0 aliphatic carbocycles. The molecule has 0 saturated carbocycles. The molecular formula is C16H16O6. The Morgan fingerprint density at radius 2 is 1.55 bits per heavy atom. The maximum absolute atomic E-state index is 9.88. The highest BCUT2D eigenvalue weighted by atomic mass is 16.5. The molecule has 0 amide bonds. The molecule has 0 aromatic heterocycles. The summed E-state index contributed by atoms with van der Waals surface area (Å²) in [6, 6.07) is 5.31. The van der Waals surface area contributed by atoms with Gasteiger partial charge in [-0.1, -0.05) is 6.92 Å². The van der Waals surface area contributed by atoms with Crippen molar-refractivity contribution in [2.45, 2.75) is 19.4 Å². The minimum Gasteiger partial charge on any atom is -0.508 e. The van der Waals surface area contributed by atoms with Gasteiger partial charge in [-0.25, -0.2) is 0 Å². The summed E-state index contributed by atoms with van der Waals surface area (Å²) in [7, 11) is 0. The van der Waals surface area contributed by atoms with E-state index in [-0.39, 0.29) is 17.4 Å². The largest absolute Gasteiger partial charge is 0.508 e. The molecule has 0 radical (unpaired) electrons. The molecule has 1 heterocycles. The van der Waals surface area contributed by atoms with Crippen molar-refractivity contribution in [3.05, 3.63) is 35.4 Å². The third-order valence-electron chi connectivity index (χ3n) is 3.89. The monoisotopic (exact) mass is 304 g/mol. The van der Waals surface area contributed by atoms with Crippen molar-refractivity contribution in [3.63, 3.8) is 0 Å². The number of benzene rings is 2. The number of aromatic hydroxyl groups is 5. The molecule has 116 valence electrons. The van der Waals surface area contributed by atoms with Crippen LogP contribution >= 0.6 is 0 Å². The zero-order valence-electron chi connectivity index (χ0n) is 11.8. The number of hydrogen-bond acceptors (Lipinski definition) is 6. The average Bonchev–Trinajstić information content (AvgIpc) is 2.44. The van der Waals surface area contributed by atoms with Crippen molar-refractivity contribution in [3.8, 4) is 34.5 Å². The number of ether oxygens (including phenoxy) is 1. The Labute approximate surface area is 126 Å². The van der Waals surface area contributed by atoms with Gasteiger partial charge in [-0.2, -0.15) is 0 Å². The Kier molecular flexibility index (Phi) is 3.16. The molecule has 5 N–H and O–H groups in total. The smallest absolute Gasteiger partial charge is 0.200 e. The van der Waals surface area contributed by atoms with Gasteiger partial charge in [-0.05, 0) is 18.6 Å². The molecule has 22 heavy (non-hydrogen) atoms. The van der Waals surface area contributed by atoms with Crippen molar-refractivity contribution in [1.82, 2.24) is 0 Å². The van der Waals surface area contributed by atoms with Gasteiger partial charge < -0.3 is 30.3 Å². The second kappa shape index (κ2) is 4.91. The maximum Gasteiger partial charge on any atom is 0.200 e. The molecule has 1 aliphatic rings. The van der Waals surface area contributed by atoms with Crippen LogP contribution in [0.4, 0.5) is 0 Å². The molecule has 6 nitrogen and oxygen atoms in total. The molecule has 0 spiro atoms. The molecule has 2 aromatic carbocycles. The summed E-state index contributed by atoms with van der Waals surface area (Å²) in [6.45, 7) is 1.90. The van der Waals surface area contributed by atoms with E-state index in [4.69, 9.17) is 4.74 Å². The van der Waals surface area contributed by atoms with Crippen molar-refractivity contribution in [2.75, 3.05) is 0 Å². The SMILES string of the molecule is CC1Cc2c(O)cc(O)cc2OC1c1cc(O)c(O)c(O)c1. The van der Waals surface area contributed by atoms with Crippen LogP contribution in [0.5, 0.6) is 34.5 Å². The molecular weight excluding hydrogens is 288 g/mol. The Morgan fingerprint density at radius 1 is 0.909 bits per heavy atom. The Morgan fingerprint density at radius 3 is 2.18 bits per heavy atom. The fourth-order valence-electron chi connectivity index (χ4n) is 2.79. The van der Waals surface area contributed by atoms with Gasteiger partial charge in [-0.3, -0.25) is 0 Å². The van der Waals surface area contributed by atoms with E-state index in [2.05, 4.69) is 0 Å². The van der Waals surface area contributed by atoms with E-state index in [1.165, 1.54) is 24.3 Å². The quantitative estimate of drug-likeness (QED) is 0.518. The topological polar surface area (TPSA) is 110 Å². The minimum absolute atomic E-state index is 0.0308. The number of rotatable bonds is 1. The van der Waals surface area contributed by atoms with Gasteiger partial charge in [0.1, 0.15) is 23.4 Å². The molecule has 2 unspecified atom stereocenters. The first-order valence-corrected chi connectivity index (χ1v) is 6.83. The van der Waals surface area contributed by atoms with Gasteiger partial charge in [0.25, 0.3) is 0 Å². The minimum atomic E-state index is -0.581. The van der Waals surface area contributed by atoms with Gasteiger partial charge in [0, 0.05) is 29.2 Å². The highest BCUT2D eigenvalue weighted by molar-refractivity contribution is 5.54. The first kappa shape index (κ1) is 14.2. The maximum atomic E-state index is 9.88. The lowest BCUT2D eigenvalue weighted by molar-refractivity contribution is 0.121. The standard InChI is InChI=1S/C16H16O6/c1-7-2-10-11(18)5-9(17)6-14(10)22-16(7)8-3-12(19)15(21)13(20)4-8/h3-7,16-21H,2H2,1H3. The molecule has 1 aliphatic heterocycles. The molecule has 2 aromatic rings. The molecule has 3 rings (SSSR count). The molecule has 0 bridgehead atoms. The van der Waals surface area contributed by atoms with Crippen molar-refractivity contribution >= 4 is 0 Å². The molecule has 0 saturated heterocycles. The molecule has 6 heteroatoms. The lowest BCUT2D eigenvalue weighted by Gasteiger charge is -2.32. The van der Waals surface area contributed by atoms with E-state index in [0.717, 1.165) is 0 Å². The number of phenolic OH excluding ortho intramolecular Hbond substituents is 5. The van der Waals surface area contributed by atoms with Gasteiger partial charge in [0.15, 0.2) is 17.2 Å². The normalized spacial score (nSPS) is 20.2. The highest BCUT2D eigenvalue weighted by Gasteiger charge is 2.31.